The fraction of sp³-hybridized carbons (Fsp3) is 0.625. The van der Waals surface area contributed by atoms with E-state index in [0.717, 1.165) is 17.9 Å². The summed E-state index contributed by atoms with van der Waals surface area (Å²) in [6, 6.07) is 6.21. The van der Waals surface area contributed by atoms with Crippen LogP contribution in [0, 0.1) is 6.92 Å². The summed E-state index contributed by atoms with van der Waals surface area (Å²) in [5, 5.41) is 13.0. The number of aliphatic hydroxyl groups excluding tert-OH is 1. The Morgan fingerprint density at radius 1 is 1.30 bits per heavy atom. The maximum Gasteiger partial charge on any atom is 0.123 e. The highest BCUT2D eigenvalue weighted by Gasteiger charge is 2.10. The number of aliphatic hydroxyl groups is 1. The van der Waals surface area contributed by atoms with Crippen LogP contribution in [0.3, 0.4) is 0 Å². The van der Waals surface area contributed by atoms with Gasteiger partial charge in [0.1, 0.15) is 18.5 Å². The third-order valence-electron chi connectivity index (χ3n) is 3.09. The summed E-state index contributed by atoms with van der Waals surface area (Å²) >= 11 is 0. The lowest BCUT2D eigenvalue weighted by Crippen LogP contribution is -2.33. The highest BCUT2D eigenvalue weighted by molar-refractivity contribution is 5.39. The van der Waals surface area contributed by atoms with E-state index < -0.39 is 6.10 Å². The van der Waals surface area contributed by atoms with Crippen molar-refractivity contribution >= 4 is 0 Å². The van der Waals surface area contributed by atoms with Gasteiger partial charge in [-0.25, -0.2) is 0 Å². The topological polar surface area (TPSA) is 50.7 Å². The molecule has 1 rings (SSSR count). The third-order valence-corrected chi connectivity index (χ3v) is 3.09. The summed E-state index contributed by atoms with van der Waals surface area (Å²) in [4.78, 5) is 0. The molecule has 4 heteroatoms. The van der Waals surface area contributed by atoms with Crippen molar-refractivity contribution in [1.29, 1.82) is 0 Å². The first-order valence-electron chi connectivity index (χ1n) is 7.15. The van der Waals surface area contributed by atoms with Gasteiger partial charge in [-0.05, 0) is 30.0 Å². The molecule has 0 amide bonds. The summed E-state index contributed by atoms with van der Waals surface area (Å²) in [7, 11) is 1.66. The lowest BCUT2D eigenvalue weighted by atomic mass is 10.0. The van der Waals surface area contributed by atoms with Gasteiger partial charge >= 0.3 is 0 Å². The number of benzene rings is 1. The lowest BCUT2D eigenvalue weighted by Gasteiger charge is -2.17. The molecule has 0 saturated carbocycles. The van der Waals surface area contributed by atoms with Crippen LogP contribution in [0.15, 0.2) is 18.2 Å². The number of methoxy groups -OCH3 is 1. The Hall–Kier alpha value is -1.10. The minimum Gasteiger partial charge on any atom is -0.491 e. The number of rotatable bonds is 9. The van der Waals surface area contributed by atoms with Gasteiger partial charge in [-0.1, -0.05) is 26.0 Å². The van der Waals surface area contributed by atoms with Gasteiger partial charge in [-0.3, -0.25) is 0 Å². The molecule has 1 unspecified atom stereocenters. The lowest BCUT2D eigenvalue weighted by molar-refractivity contribution is 0.103. The first-order chi connectivity index (χ1) is 9.54. The maximum absolute atomic E-state index is 9.88. The van der Waals surface area contributed by atoms with E-state index in [1.54, 1.807) is 7.11 Å². The molecule has 0 radical (unpaired) electrons. The number of hydrogen-bond donors (Lipinski definition) is 2. The van der Waals surface area contributed by atoms with Crippen LogP contribution in [-0.2, 0) is 4.74 Å². The molecule has 0 spiro atoms. The molecule has 20 heavy (non-hydrogen) atoms. The fourth-order valence-electron chi connectivity index (χ4n) is 1.93. The van der Waals surface area contributed by atoms with Crippen LogP contribution < -0.4 is 10.1 Å². The molecule has 0 bridgehead atoms. The summed E-state index contributed by atoms with van der Waals surface area (Å²) < 4.78 is 10.7. The molecule has 114 valence electrons. The van der Waals surface area contributed by atoms with Crippen LogP contribution in [0.25, 0.3) is 0 Å². The Labute approximate surface area is 122 Å². The summed E-state index contributed by atoms with van der Waals surface area (Å²) in [5.41, 5.74) is 2.34. The molecule has 0 fully saturated rings. The number of hydrogen-bond acceptors (Lipinski definition) is 4. The highest BCUT2D eigenvalue weighted by Crippen LogP contribution is 2.27. The van der Waals surface area contributed by atoms with Gasteiger partial charge < -0.3 is 19.9 Å². The third kappa shape index (κ3) is 5.90. The molecule has 1 aromatic rings. The molecule has 0 aromatic heterocycles. The molecular formula is C16H27NO3. The van der Waals surface area contributed by atoms with Gasteiger partial charge in [-0.2, -0.15) is 0 Å². The zero-order valence-electron chi connectivity index (χ0n) is 13.0. The van der Waals surface area contributed by atoms with Crippen molar-refractivity contribution < 1.29 is 14.6 Å². The second-order valence-corrected chi connectivity index (χ2v) is 5.36. The van der Waals surface area contributed by atoms with E-state index in [1.807, 2.05) is 13.0 Å². The van der Waals surface area contributed by atoms with Crippen molar-refractivity contribution in [3.8, 4) is 5.75 Å². The normalized spacial score (nSPS) is 12.7. The summed E-state index contributed by atoms with van der Waals surface area (Å²) in [6.45, 7) is 8.49. The molecule has 1 aromatic carbocycles. The molecule has 0 saturated heterocycles. The second-order valence-electron chi connectivity index (χ2n) is 5.36. The number of nitrogens with one attached hydrogen (secondary N) is 1. The van der Waals surface area contributed by atoms with Gasteiger partial charge in [0.15, 0.2) is 0 Å². The quantitative estimate of drug-likeness (QED) is 0.681. The molecule has 2 N–H and O–H groups in total. The zero-order chi connectivity index (χ0) is 15.0. The van der Waals surface area contributed by atoms with Crippen molar-refractivity contribution in [3.05, 3.63) is 29.3 Å². The summed E-state index contributed by atoms with van der Waals surface area (Å²) in [6.07, 6.45) is -0.521. The van der Waals surface area contributed by atoms with Crippen LogP contribution in [0.4, 0.5) is 0 Å². The van der Waals surface area contributed by atoms with Crippen molar-refractivity contribution in [2.75, 3.05) is 33.4 Å². The predicted octanol–water partition coefficient (Wildman–Crippen LogP) is 2.09. The monoisotopic (exact) mass is 281 g/mol. The number of ether oxygens (including phenoxy) is 2. The highest BCUT2D eigenvalue weighted by atomic mass is 16.5. The van der Waals surface area contributed by atoms with Gasteiger partial charge in [0.05, 0.1) is 6.61 Å². The second kappa shape index (κ2) is 8.95. The average Bonchev–Trinajstić information content (AvgIpc) is 2.41. The van der Waals surface area contributed by atoms with E-state index in [-0.39, 0.29) is 0 Å². The van der Waals surface area contributed by atoms with Crippen molar-refractivity contribution in [2.24, 2.45) is 0 Å². The van der Waals surface area contributed by atoms with Crippen LogP contribution in [-0.4, -0.2) is 44.6 Å². The standard InChI is InChI=1S/C16H27NO3/c1-12(2)15-6-5-13(3)9-16(15)20-11-14(18)10-17-7-8-19-4/h5-6,9,12,14,17-18H,7-8,10-11H2,1-4H3. The van der Waals surface area contributed by atoms with Crippen LogP contribution >= 0.6 is 0 Å². The Morgan fingerprint density at radius 3 is 2.70 bits per heavy atom. The van der Waals surface area contributed by atoms with E-state index in [2.05, 4.69) is 31.3 Å². The van der Waals surface area contributed by atoms with Crippen molar-refractivity contribution in [2.45, 2.75) is 32.8 Å². The van der Waals surface area contributed by atoms with E-state index >= 15 is 0 Å². The Morgan fingerprint density at radius 2 is 2.05 bits per heavy atom. The van der Waals surface area contributed by atoms with Gasteiger partial charge in [0.2, 0.25) is 0 Å². The van der Waals surface area contributed by atoms with Gasteiger partial charge in [-0.15, -0.1) is 0 Å². The molecule has 4 nitrogen and oxygen atoms in total. The molecule has 0 aliphatic heterocycles. The first-order valence-corrected chi connectivity index (χ1v) is 7.15. The first kappa shape index (κ1) is 17.0. The van der Waals surface area contributed by atoms with Crippen LogP contribution in [0.5, 0.6) is 5.75 Å². The van der Waals surface area contributed by atoms with Crippen molar-refractivity contribution in [3.63, 3.8) is 0 Å². The fourth-order valence-corrected chi connectivity index (χ4v) is 1.93. The van der Waals surface area contributed by atoms with Gasteiger partial charge in [0.25, 0.3) is 0 Å². The van der Waals surface area contributed by atoms with E-state index in [1.165, 1.54) is 5.56 Å². The minimum absolute atomic E-state index is 0.295. The number of aryl methyl sites for hydroxylation is 1. The SMILES string of the molecule is COCCNCC(O)COc1cc(C)ccc1C(C)C. The molecular weight excluding hydrogens is 254 g/mol. The summed E-state index contributed by atoms with van der Waals surface area (Å²) in [5.74, 6) is 1.28. The molecule has 0 aliphatic carbocycles. The average molecular weight is 281 g/mol. The zero-order valence-corrected chi connectivity index (χ0v) is 13.0. The smallest absolute Gasteiger partial charge is 0.123 e. The van der Waals surface area contributed by atoms with Crippen LogP contribution in [0.2, 0.25) is 0 Å². The molecule has 0 aliphatic rings. The minimum atomic E-state index is -0.521. The van der Waals surface area contributed by atoms with E-state index in [0.29, 0.717) is 25.7 Å². The Bertz CT molecular complexity index is 393. The van der Waals surface area contributed by atoms with E-state index in [9.17, 15) is 5.11 Å². The predicted molar refractivity (Wildman–Crippen MR) is 81.5 cm³/mol. The molecule has 1 atom stereocenters. The Kier molecular flexibility index (Phi) is 7.59. The van der Waals surface area contributed by atoms with Crippen molar-refractivity contribution in [1.82, 2.24) is 5.32 Å². The Balaban J connectivity index is 2.46. The molecule has 0 heterocycles. The maximum atomic E-state index is 9.88. The van der Waals surface area contributed by atoms with E-state index in [4.69, 9.17) is 9.47 Å². The van der Waals surface area contributed by atoms with Crippen LogP contribution in [0.1, 0.15) is 30.9 Å². The van der Waals surface area contributed by atoms with Gasteiger partial charge in [0, 0.05) is 20.2 Å². The largest absolute Gasteiger partial charge is 0.491 e.